The van der Waals surface area contributed by atoms with E-state index in [0.717, 1.165) is 0 Å². The van der Waals surface area contributed by atoms with E-state index < -0.39 is 15.6 Å². The number of amides is 1. The molecule has 3 aromatic rings. The first kappa shape index (κ1) is 22.8. The Morgan fingerprint density at radius 3 is 2.03 bits per heavy atom. The molecule has 8 heteroatoms. The van der Waals surface area contributed by atoms with Gasteiger partial charge in [0.25, 0.3) is 5.91 Å². The number of carbonyl (C=O) groups excluding carboxylic acids is 1. The van der Waals surface area contributed by atoms with Crippen LogP contribution >= 0.6 is 0 Å². The van der Waals surface area contributed by atoms with E-state index >= 15 is 0 Å². The maximum absolute atomic E-state index is 13.0. The lowest BCUT2D eigenvalue weighted by molar-refractivity contribution is 0.100. The summed E-state index contributed by atoms with van der Waals surface area (Å²) in [6.45, 7) is 0. The average Bonchev–Trinajstić information content (AvgIpc) is 2.82. The van der Waals surface area contributed by atoms with Crippen molar-refractivity contribution in [3.05, 3.63) is 77.6 Å². The molecule has 7 nitrogen and oxygen atoms in total. The van der Waals surface area contributed by atoms with Crippen LogP contribution in [0.4, 0.5) is 0 Å². The van der Waals surface area contributed by atoms with Crippen molar-refractivity contribution in [2.45, 2.75) is 4.90 Å². The number of pyridine rings is 1. The summed E-state index contributed by atoms with van der Waals surface area (Å²) in [5.41, 5.74) is 1.39. The third-order valence-electron chi connectivity index (χ3n) is 4.44. The molecular formula is C24H22N2O5S. The van der Waals surface area contributed by atoms with E-state index in [0.29, 0.717) is 33.3 Å². The Balaban J connectivity index is 1.88. The highest BCUT2D eigenvalue weighted by atomic mass is 32.2. The Hall–Kier alpha value is -3.83. The summed E-state index contributed by atoms with van der Waals surface area (Å²) in [6, 6.07) is 13.4. The van der Waals surface area contributed by atoms with E-state index in [9.17, 15) is 9.00 Å². The van der Waals surface area contributed by atoms with Crippen LogP contribution in [0.5, 0.6) is 17.2 Å². The standard InChI is InChI=1S/C24H22N2O5S/c1-29-20-7-9-23(10-8-20)32(4,28)26-24(27)19-11-18(15-25-16-19)6-5-17-12-21(30-2)14-22(13-17)31-3/h7-16H,1-4H3. The van der Waals surface area contributed by atoms with Crippen LogP contribution in [0.1, 0.15) is 21.5 Å². The molecule has 1 unspecified atom stereocenters. The minimum atomic E-state index is -2.94. The predicted molar refractivity (Wildman–Crippen MR) is 122 cm³/mol. The molecule has 1 amide bonds. The zero-order valence-corrected chi connectivity index (χ0v) is 18.9. The normalized spacial score (nSPS) is 12.0. The van der Waals surface area contributed by atoms with E-state index in [1.807, 2.05) is 0 Å². The molecule has 3 rings (SSSR count). The largest absolute Gasteiger partial charge is 0.497 e. The minimum Gasteiger partial charge on any atom is -0.497 e. The first-order chi connectivity index (χ1) is 15.3. The molecule has 1 atom stereocenters. The highest BCUT2D eigenvalue weighted by molar-refractivity contribution is 7.93. The number of aromatic nitrogens is 1. The summed E-state index contributed by atoms with van der Waals surface area (Å²) in [7, 11) is 1.73. The van der Waals surface area contributed by atoms with E-state index in [2.05, 4.69) is 21.2 Å². The van der Waals surface area contributed by atoms with E-state index in [4.69, 9.17) is 14.2 Å². The maximum atomic E-state index is 13.0. The number of methoxy groups -OCH3 is 3. The third kappa shape index (κ3) is 5.65. The van der Waals surface area contributed by atoms with Crippen LogP contribution in [0.2, 0.25) is 0 Å². The van der Waals surface area contributed by atoms with Crippen LogP contribution in [-0.2, 0) is 9.73 Å². The Labute approximate surface area is 187 Å². The zero-order valence-electron chi connectivity index (χ0n) is 18.1. The SMILES string of the molecule is COc1ccc(S(C)(=O)=NC(=O)c2cncc(C#Cc3cc(OC)cc(OC)c3)c2)cc1. The molecule has 1 heterocycles. The van der Waals surface area contributed by atoms with Gasteiger partial charge in [-0.3, -0.25) is 9.78 Å². The Bertz CT molecular complexity index is 1290. The number of nitrogens with zero attached hydrogens (tertiary/aromatic N) is 2. The molecule has 0 aliphatic heterocycles. The van der Waals surface area contributed by atoms with Gasteiger partial charge in [-0.05, 0) is 42.5 Å². The molecule has 0 bridgehead atoms. The fraction of sp³-hybridized carbons (Fsp3) is 0.167. The van der Waals surface area contributed by atoms with Crippen molar-refractivity contribution in [3.8, 4) is 29.1 Å². The van der Waals surface area contributed by atoms with Crippen LogP contribution in [-0.4, -0.2) is 42.7 Å². The van der Waals surface area contributed by atoms with Crippen molar-refractivity contribution in [3.63, 3.8) is 0 Å². The first-order valence-corrected chi connectivity index (χ1v) is 11.4. The third-order valence-corrected chi connectivity index (χ3v) is 6.10. The molecule has 0 saturated heterocycles. The summed E-state index contributed by atoms with van der Waals surface area (Å²) in [5, 5.41) is 0. The molecule has 0 aliphatic rings. The van der Waals surface area contributed by atoms with Gasteiger partial charge in [0, 0.05) is 40.7 Å². The summed E-state index contributed by atoms with van der Waals surface area (Å²) in [6.07, 6.45) is 4.32. The molecule has 2 aromatic carbocycles. The van der Waals surface area contributed by atoms with Crippen LogP contribution < -0.4 is 14.2 Å². The van der Waals surface area contributed by atoms with Gasteiger partial charge in [-0.2, -0.15) is 4.36 Å². The molecule has 164 valence electrons. The fourth-order valence-corrected chi connectivity index (χ4v) is 3.91. The van der Waals surface area contributed by atoms with Crippen molar-refractivity contribution in [2.24, 2.45) is 4.36 Å². The van der Waals surface area contributed by atoms with Gasteiger partial charge in [0.2, 0.25) is 0 Å². The monoisotopic (exact) mass is 450 g/mol. The van der Waals surface area contributed by atoms with Gasteiger partial charge in [-0.15, -0.1) is 0 Å². The van der Waals surface area contributed by atoms with Crippen molar-refractivity contribution in [2.75, 3.05) is 27.6 Å². The topological polar surface area (TPSA) is 87.1 Å². The lowest BCUT2D eigenvalue weighted by Gasteiger charge is -2.05. The van der Waals surface area contributed by atoms with Crippen molar-refractivity contribution >= 4 is 15.6 Å². The van der Waals surface area contributed by atoms with Gasteiger partial charge >= 0.3 is 0 Å². The van der Waals surface area contributed by atoms with Crippen LogP contribution in [0, 0.1) is 11.8 Å². The number of carbonyl (C=O) groups is 1. The van der Waals surface area contributed by atoms with Gasteiger partial charge < -0.3 is 14.2 Å². The summed E-state index contributed by atoms with van der Waals surface area (Å²) >= 11 is 0. The lowest BCUT2D eigenvalue weighted by atomic mass is 10.1. The highest BCUT2D eigenvalue weighted by Crippen LogP contribution is 2.22. The van der Waals surface area contributed by atoms with Crippen LogP contribution in [0.15, 0.2) is 70.2 Å². The Morgan fingerprint density at radius 2 is 1.44 bits per heavy atom. The van der Waals surface area contributed by atoms with Gasteiger partial charge in [0.15, 0.2) is 0 Å². The lowest BCUT2D eigenvalue weighted by Crippen LogP contribution is -2.04. The van der Waals surface area contributed by atoms with Crippen molar-refractivity contribution in [1.82, 2.24) is 4.98 Å². The van der Waals surface area contributed by atoms with Crippen LogP contribution in [0.25, 0.3) is 0 Å². The molecule has 0 N–H and O–H groups in total. The molecular weight excluding hydrogens is 428 g/mol. The van der Waals surface area contributed by atoms with Crippen molar-refractivity contribution in [1.29, 1.82) is 0 Å². The van der Waals surface area contributed by atoms with E-state index in [1.54, 1.807) is 69.9 Å². The maximum Gasteiger partial charge on any atom is 0.286 e. The molecule has 32 heavy (non-hydrogen) atoms. The molecule has 0 saturated carbocycles. The molecule has 0 spiro atoms. The fourth-order valence-electron chi connectivity index (χ4n) is 2.74. The average molecular weight is 451 g/mol. The van der Waals surface area contributed by atoms with Gasteiger partial charge in [-0.1, -0.05) is 11.8 Å². The zero-order chi connectivity index (χ0) is 23.1. The number of ether oxygens (including phenoxy) is 3. The quantitative estimate of drug-likeness (QED) is 0.550. The number of hydrogen-bond donors (Lipinski definition) is 0. The predicted octanol–water partition coefficient (Wildman–Crippen LogP) is 3.80. The second kappa shape index (κ2) is 9.98. The number of benzene rings is 2. The second-order valence-corrected chi connectivity index (χ2v) is 8.95. The Morgan fingerprint density at radius 1 is 0.844 bits per heavy atom. The molecule has 0 fully saturated rings. The summed E-state index contributed by atoms with van der Waals surface area (Å²) < 4.78 is 32.5. The van der Waals surface area contributed by atoms with Gasteiger partial charge in [-0.25, -0.2) is 4.21 Å². The summed E-state index contributed by atoms with van der Waals surface area (Å²) in [5.74, 6) is 7.19. The molecule has 0 radical (unpaired) electrons. The second-order valence-electron chi connectivity index (χ2n) is 6.69. The van der Waals surface area contributed by atoms with E-state index in [1.165, 1.54) is 18.6 Å². The molecule has 1 aromatic heterocycles. The Kier molecular flexibility index (Phi) is 7.13. The van der Waals surface area contributed by atoms with Gasteiger partial charge in [0.05, 0.1) is 36.6 Å². The smallest absolute Gasteiger partial charge is 0.286 e. The number of rotatable bonds is 5. The first-order valence-electron chi connectivity index (χ1n) is 9.45. The van der Waals surface area contributed by atoms with Crippen molar-refractivity contribution < 1.29 is 23.2 Å². The van der Waals surface area contributed by atoms with Gasteiger partial charge in [0.1, 0.15) is 17.2 Å². The highest BCUT2D eigenvalue weighted by Gasteiger charge is 2.12. The van der Waals surface area contributed by atoms with Crippen LogP contribution in [0.3, 0.4) is 0 Å². The number of hydrogen-bond acceptors (Lipinski definition) is 6. The van der Waals surface area contributed by atoms with E-state index in [-0.39, 0.29) is 5.56 Å². The molecule has 0 aliphatic carbocycles. The summed E-state index contributed by atoms with van der Waals surface area (Å²) in [4.78, 5) is 17.2. The minimum absolute atomic E-state index is 0.197.